The Morgan fingerprint density at radius 2 is 1.95 bits per heavy atom. The van der Waals surface area contributed by atoms with Gasteiger partial charge in [-0.25, -0.2) is 9.79 Å². The fraction of sp³-hybridized carbons (Fsp3) is 0.0667. The summed E-state index contributed by atoms with van der Waals surface area (Å²) in [6.45, 7) is 0. The number of carbonyl (C=O) groups excluding carboxylic acids is 1. The largest absolute Gasteiger partial charge is 0.402 e. The molecule has 1 aromatic carbocycles. The molecule has 0 aliphatic carbocycles. The van der Waals surface area contributed by atoms with Crippen molar-refractivity contribution < 1.29 is 9.53 Å². The number of nitrogens with zero attached hydrogens (tertiary/aromatic N) is 2. The zero-order chi connectivity index (χ0) is 13.2. The first-order valence-corrected chi connectivity index (χ1v) is 5.94. The Hall–Kier alpha value is -2.62. The number of rotatable bonds is 1. The highest BCUT2D eigenvalue weighted by Crippen LogP contribution is 2.23. The predicted octanol–water partition coefficient (Wildman–Crippen LogP) is 2.22. The van der Waals surface area contributed by atoms with E-state index in [-0.39, 0.29) is 0 Å². The van der Waals surface area contributed by atoms with Crippen molar-refractivity contribution in [3.05, 3.63) is 71.7 Å². The highest BCUT2D eigenvalue weighted by atomic mass is 16.6. The number of likely N-dealkylation sites (N-methyl/N-ethyl adjacent to an activating group) is 1. The molecule has 0 spiro atoms. The van der Waals surface area contributed by atoms with Crippen LogP contribution in [0.5, 0.6) is 0 Å². The van der Waals surface area contributed by atoms with Gasteiger partial charge in [0, 0.05) is 18.8 Å². The zero-order valence-corrected chi connectivity index (χ0v) is 10.4. The molecule has 2 aliphatic rings. The van der Waals surface area contributed by atoms with Crippen molar-refractivity contribution in [2.75, 3.05) is 7.05 Å². The summed E-state index contributed by atoms with van der Waals surface area (Å²) in [5.41, 5.74) is 1.87. The van der Waals surface area contributed by atoms with Gasteiger partial charge in [0.1, 0.15) is 0 Å². The van der Waals surface area contributed by atoms with E-state index in [1.54, 1.807) is 0 Å². The molecule has 3 rings (SSSR count). The Kier molecular flexibility index (Phi) is 2.76. The maximum atomic E-state index is 11.9. The van der Waals surface area contributed by atoms with Crippen LogP contribution in [0.4, 0.5) is 0 Å². The number of hydrogen-bond acceptors (Lipinski definition) is 4. The van der Waals surface area contributed by atoms with Crippen LogP contribution in [-0.2, 0) is 9.53 Å². The van der Waals surface area contributed by atoms with Crippen LogP contribution < -0.4 is 0 Å². The lowest BCUT2D eigenvalue weighted by atomic mass is 10.2. The second-order valence-electron chi connectivity index (χ2n) is 4.22. The minimum absolute atomic E-state index is 0.335. The van der Waals surface area contributed by atoms with E-state index in [0.717, 1.165) is 11.3 Å². The third-order valence-corrected chi connectivity index (χ3v) is 2.91. The number of aliphatic imine (C=N–C) groups is 1. The van der Waals surface area contributed by atoms with Crippen molar-refractivity contribution in [3.63, 3.8) is 0 Å². The van der Waals surface area contributed by atoms with Gasteiger partial charge in [-0.3, -0.25) is 0 Å². The Balaban J connectivity index is 2.03. The van der Waals surface area contributed by atoms with Crippen molar-refractivity contribution in [1.82, 2.24) is 4.90 Å². The van der Waals surface area contributed by atoms with Gasteiger partial charge < -0.3 is 9.64 Å². The number of esters is 1. The molecule has 2 aliphatic heterocycles. The first-order chi connectivity index (χ1) is 9.25. The van der Waals surface area contributed by atoms with E-state index in [0.29, 0.717) is 11.6 Å². The van der Waals surface area contributed by atoms with Crippen molar-refractivity contribution in [3.8, 4) is 0 Å². The average molecular weight is 252 g/mol. The fourth-order valence-corrected chi connectivity index (χ4v) is 1.94. The molecule has 0 fully saturated rings. The number of ether oxygens (including phenoxy) is 1. The second kappa shape index (κ2) is 4.57. The smallest absolute Gasteiger partial charge is 0.366 e. The number of allylic oxidation sites excluding steroid dienone is 3. The molecule has 0 unspecified atom stereocenters. The SMILES string of the molecule is CN1C=CC=C/C1=C1/N=C(c2ccccc2)OC1=O. The summed E-state index contributed by atoms with van der Waals surface area (Å²) in [5, 5.41) is 0. The van der Waals surface area contributed by atoms with Gasteiger partial charge >= 0.3 is 5.97 Å². The second-order valence-corrected chi connectivity index (χ2v) is 4.22. The quantitative estimate of drug-likeness (QED) is 0.568. The molecule has 94 valence electrons. The van der Waals surface area contributed by atoms with Crippen LogP contribution in [-0.4, -0.2) is 23.8 Å². The van der Waals surface area contributed by atoms with Gasteiger partial charge in [-0.15, -0.1) is 0 Å². The molecule has 0 atom stereocenters. The molecule has 0 aromatic heterocycles. The summed E-state index contributed by atoms with van der Waals surface area (Å²) >= 11 is 0. The summed E-state index contributed by atoms with van der Waals surface area (Å²) in [7, 11) is 1.87. The average Bonchev–Trinajstić information content (AvgIpc) is 2.82. The van der Waals surface area contributed by atoms with Crippen LogP contribution in [0.25, 0.3) is 0 Å². The van der Waals surface area contributed by atoms with Crippen molar-refractivity contribution in [2.24, 2.45) is 4.99 Å². The molecule has 0 N–H and O–H groups in total. The first kappa shape index (κ1) is 11.5. The maximum absolute atomic E-state index is 11.9. The van der Waals surface area contributed by atoms with Gasteiger partial charge in [-0.2, -0.15) is 0 Å². The molecule has 0 amide bonds. The number of cyclic esters (lactones) is 1. The Bertz CT molecular complexity index is 639. The van der Waals surface area contributed by atoms with Gasteiger partial charge in [0.15, 0.2) is 5.70 Å². The Morgan fingerprint density at radius 3 is 2.68 bits per heavy atom. The first-order valence-electron chi connectivity index (χ1n) is 5.94. The van der Waals surface area contributed by atoms with Gasteiger partial charge in [0.2, 0.25) is 5.90 Å². The molecular weight excluding hydrogens is 240 g/mol. The van der Waals surface area contributed by atoms with Gasteiger partial charge in [-0.05, 0) is 24.3 Å². The van der Waals surface area contributed by atoms with E-state index in [1.165, 1.54) is 0 Å². The van der Waals surface area contributed by atoms with Crippen molar-refractivity contribution in [1.29, 1.82) is 0 Å². The number of hydrogen-bond donors (Lipinski definition) is 0. The van der Waals surface area contributed by atoms with Crippen LogP contribution in [0.1, 0.15) is 5.56 Å². The van der Waals surface area contributed by atoms with Crippen molar-refractivity contribution in [2.45, 2.75) is 0 Å². The highest BCUT2D eigenvalue weighted by molar-refractivity contribution is 6.11. The molecule has 0 saturated heterocycles. The summed E-state index contributed by atoms with van der Waals surface area (Å²) < 4.78 is 5.23. The lowest BCUT2D eigenvalue weighted by Crippen LogP contribution is -2.15. The molecule has 0 saturated carbocycles. The molecule has 4 nitrogen and oxygen atoms in total. The fourth-order valence-electron chi connectivity index (χ4n) is 1.94. The van der Waals surface area contributed by atoms with Gasteiger partial charge in [0.25, 0.3) is 0 Å². The topological polar surface area (TPSA) is 41.9 Å². The Labute approximate surface area is 111 Å². The third-order valence-electron chi connectivity index (χ3n) is 2.91. The normalized spacial score (nSPS) is 21.6. The van der Waals surface area contributed by atoms with E-state index in [9.17, 15) is 4.79 Å². The van der Waals surface area contributed by atoms with Crippen LogP contribution in [0.3, 0.4) is 0 Å². The molecular formula is C15H12N2O2. The molecule has 1 aromatic rings. The molecule has 19 heavy (non-hydrogen) atoms. The third kappa shape index (κ3) is 2.08. The summed E-state index contributed by atoms with van der Waals surface area (Å²) in [6.07, 6.45) is 7.47. The van der Waals surface area contributed by atoms with Crippen LogP contribution in [0, 0.1) is 0 Å². The van der Waals surface area contributed by atoms with E-state index < -0.39 is 5.97 Å². The summed E-state index contributed by atoms with van der Waals surface area (Å²) in [4.78, 5) is 18.1. The van der Waals surface area contributed by atoms with E-state index >= 15 is 0 Å². The minimum atomic E-state index is -0.416. The van der Waals surface area contributed by atoms with Crippen LogP contribution >= 0.6 is 0 Å². The van der Waals surface area contributed by atoms with Gasteiger partial charge in [-0.1, -0.05) is 24.3 Å². The summed E-state index contributed by atoms with van der Waals surface area (Å²) in [5.74, 6) is -0.0647. The van der Waals surface area contributed by atoms with E-state index in [1.807, 2.05) is 66.7 Å². The van der Waals surface area contributed by atoms with E-state index in [2.05, 4.69) is 4.99 Å². The molecule has 2 heterocycles. The number of carbonyl (C=O) groups is 1. The lowest BCUT2D eigenvalue weighted by Gasteiger charge is -2.17. The van der Waals surface area contributed by atoms with Crippen LogP contribution in [0.15, 0.2) is 71.1 Å². The molecule has 0 bridgehead atoms. The predicted molar refractivity (Wildman–Crippen MR) is 72.1 cm³/mol. The van der Waals surface area contributed by atoms with Gasteiger partial charge in [0.05, 0.1) is 5.70 Å². The van der Waals surface area contributed by atoms with Crippen LogP contribution in [0.2, 0.25) is 0 Å². The lowest BCUT2D eigenvalue weighted by molar-refractivity contribution is -0.130. The Morgan fingerprint density at radius 1 is 1.16 bits per heavy atom. The van der Waals surface area contributed by atoms with Crippen molar-refractivity contribution >= 4 is 11.9 Å². The summed E-state index contributed by atoms with van der Waals surface area (Å²) in [6, 6.07) is 9.39. The zero-order valence-electron chi connectivity index (χ0n) is 10.4. The standard InChI is InChI=1S/C15H12N2O2/c1-17-10-6-5-9-12(17)13-15(18)19-14(16-13)11-7-3-2-4-8-11/h2-10H,1H3/b13-12-. The monoisotopic (exact) mass is 252 g/mol. The maximum Gasteiger partial charge on any atom is 0.366 e. The minimum Gasteiger partial charge on any atom is -0.402 e. The van der Waals surface area contributed by atoms with E-state index in [4.69, 9.17) is 4.74 Å². The molecule has 0 radical (unpaired) electrons. The highest BCUT2D eigenvalue weighted by Gasteiger charge is 2.27. The number of benzene rings is 1. The molecule has 4 heteroatoms.